The van der Waals surface area contributed by atoms with E-state index in [0.717, 1.165) is 29.7 Å². The smallest absolute Gasteiger partial charge is 0.00966 e. The predicted molar refractivity (Wildman–Crippen MR) is 83.1 cm³/mol. The van der Waals surface area contributed by atoms with E-state index < -0.39 is 0 Å². The largest absolute Gasteiger partial charge is 0.327 e. The second kappa shape index (κ2) is 6.58. The second-order valence-corrected chi connectivity index (χ2v) is 7.82. The van der Waals surface area contributed by atoms with E-state index in [-0.39, 0.29) is 0 Å². The topological polar surface area (TPSA) is 29.3 Å². The monoisotopic (exact) mass is 266 g/mol. The SMILES string of the molecule is CC(C)CN(CC1CC(C(C)C)CCC1N)C1CC1. The number of nitrogens with two attached hydrogens (primary N) is 1. The van der Waals surface area contributed by atoms with Gasteiger partial charge in [0, 0.05) is 25.2 Å². The van der Waals surface area contributed by atoms with Gasteiger partial charge in [-0.15, -0.1) is 0 Å². The van der Waals surface area contributed by atoms with Crippen LogP contribution in [-0.2, 0) is 0 Å². The molecule has 0 aromatic rings. The summed E-state index contributed by atoms with van der Waals surface area (Å²) >= 11 is 0. The highest BCUT2D eigenvalue weighted by Crippen LogP contribution is 2.36. The Kier molecular flexibility index (Phi) is 5.30. The fourth-order valence-electron chi connectivity index (χ4n) is 3.72. The summed E-state index contributed by atoms with van der Waals surface area (Å²) in [6, 6.07) is 1.33. The molecule has 2 fully saturated rings. The highest BCUT2D eigenvalue weighted by Gasteiger charge is 2.35. The van der Waals surface area contributed by atoms with Crippen LogP contribution in [0.15, 0.2) is 0 Å². The Morgan fingerprint density at radius 3 is 2.26 bits per heavy atom. The van der Waals surface area contributed by atoms with Crippen molar-refractivity contribution in [2.24, 2.45) is 29.4 Å². The maximum Gasteiger partial charge on any atom is 0.00966 e. The Labute approximate surface area is 120 Å². The molecule has 2 aliphatic carbocycles. The van der Waals surface area contributed by atoms with Crippen molar-refractivity contribution in [2.45, 2.75) is 71.9 Å². The van der Waals surface area contributed by atoms with Gasteiger partial charge in [0.15, 0.2) is 0 Å². The standard InChI is InChI=1S/C17H34N2/c1-12(2)10-19(16-6-7-16)11-15-9-14(13(3)4)5-8-17(15)18/h12-17H,5-11,18H2,1-4H3. The summed E-state index contributed by atoms with van der Waals surface area (Å²) in [6.45, 7) is 12.0. The molecule has 2 N–H and O–H groups in total. The Balaban J connectivity index is 1.90. The lowest BCUT2D eigenvalue weighted by atomic mass is 9.73. The molecule has 0 bridgehead atoms. The first kappa shape index (κ1) is 15.3. The van der Waals surface area contributed by atoms with E-state index in [1.807, 2.05) is 0 Å². The lowest BCUT2D eigenvalue weighted by Gasteiger charge is -2.39. The summed E-state index contributed by atoms with van der Waals surface area (Å²) in [4.78, 5) is 2.75. The molecule has 0 aromatic carbocycles. The van der Waals surface area contributed by atoms with E-state index in [1.54, 1.807) is 0 Å². The third kappa shape index (κ3) is 4.46. The quantitative estimate of drug-likeness (QED) is 0.797. The molecular weight excluding hydrogens is 232 g/mol. The average Bonchev–Trinajstić information content (AvgIpc) is 3.14. The Morgan fingerprint density at radius 2 is 1.74 bits per heavy atom. The molecule has 2 saturated carbocycles. The average molecular weight is 266 g/mol. The molecule has 0 radical (unpaired) electrons. The van der Waals surface area contributed by atoms with Crippen LogP contribution in [0.3, 0.4) is 0 Å². The fraction of sp³-hybridized carbons (Fsp3) is 1.00. The number of nitrogens with zero attached hydrogens (tertiary/aromatic N) is 1. The third-order valence-electron chi connectivity index (χ3n) is 5.16. The molecule has 0 heterocycles. The highest BCUT2D eigenvalue weighted by atomic mass is 15.2. The van der Waals surface area contributed by atoms with Crippen molar-refractivity contribution in [3.05, 3.63) is 0 Å². The van der Waals surface area contributed by atoms with Gasteiger partial charge in [-0.2, -0.15) is 0 Å². The molecule has 0 aliphatic heterocycles. The third-order valence-corrected chi connectivity index (χ3v) is 5.16. The number of hydrogen-bond donors (Lipinski definition) is 1. The maximum atomic E-state index is 6.41. The van der Waals surface area contributed by atoms with E-state index in [4.69, 9.17) is 5.73 Å². The second-order valence-electron chi connectivity index (χ2n) is 7.82. The minimum Gasteiger partial charge on any atom is -0.327 e. The van der Waals surface area contributed by atoms with E-state index >= 15 is 0 Å². The van der Waals surface area contributed by atoms with Crippen LogP contribution in [0.25, 0.3) is 0 Å². The van der Waals surface area contributed by atoms with E-state index in [9.17, 15) is 0 Å². The molecule has 2 aliphatic rings. The van der Waals surface area contributed by atoms with E-state index in [2.05, 4.69) is 32.6 Å². The van der Waals surface area contributed by atoms with Gasteiger partial charge in [-0.25, -0.2) is 0 Å². The van der Waals surface area contributed by atoms with Crippen LogP contribution in [0.4, 0.5) is 0 Å². The molecule has 0 saturated heterocycles. The van der Waals surface area contributed by atoms with Crippen molar-refractivity contribution in [3.8, 4) is 0 Å². The van der Waals surface area contributed by atoms with E-state index in [0.29, 0.717) is 6.04 Å². The number of rotatable bonds is 6. The summed E-state index contributed by atoms with van der Waals surface area (Å²) in [6.07, 6.45) is 6.79. The zero-order chi connectivity index (χ0) is 14.0. The van der Waals surface area contributed by atoms with Crippen LogP contribution < -0.4 is 5.73 Å². The van der Waals surface area contributed by atoms with Gasteiger partial charge in [0.2, 0.25) is 0 Å². The Hall–Kier alpha value is -0.0800. The van der Waals surface area contributed by atoms with Crippen molar-refractivity contribution in [3.63, 3.8) is 0 Å². The minimum atomic E-state index is 0.448. The van der Waals surface area contributed by atoms with Crippen LogP contribution in [-0.4, -0.2) is 30.1 Å². The van der Waals surface area contributed by atoms with E-state index in [1.165, 1.54) is 45.2 Å². The normalized spacial score (nSPS) is 32.5. The zero-order valence-electron chi connectivity index (χ0n) is 13.4. The van der Waals surface area contributed by atoms with Gasteiger partial charge in [-0.1, -0.05) is 27.7 Å². The van der Waals surface area contributed by atoms with Gasteiger partial charge in [-0.05, 0) is 55.8 Å². The van der Waals surface area contributed by atoms with Gasteiger partial charge >= 0.3 is 0 Å². The summed E-state index contributed by atoms with van der Waals surface area (Å²) in [5.41, 5.74) is 6.41. The molecular formula is C17H34N2. The summed E-state index contributed by atoms with van der Waals surface area (Å²) < 4.78 is 0. The lowest BCUT2D eigenvalue weighted by molar-refractivity contribution is 0.124. The van der Waals surface area contributed by atoms with Gasteiger partial charge in [0.1, 0.15) is 0 Å². The van der Waals surface area contributed by atoms with Gasteiger partial charge < -0.3 is 5.73 Å². The number of hydrogen-bond acceptors (Lipinski definition) is 2. The van der Waals surface area contributed by atoms with Crippen LogP contribution in [0.5, 0.6) is 0 Å². The molecule has 0 aromatic heterocycles. The van der Waals surface area contributed by atoms with Gasteiger partial charge in [0.25, 0.3) is 0 Å². The van der Waals surface area contributed by atoms with Crippen LogP contribution in [0.1, 0.15) is 59.8 Å². The van der Waals surface area contributed by atoms with Crippen LogP contribution in [0.2, 0.25) is 0 Å². The molecule has 2 nitrogen and oxygen atoms in total. The summed E-state index contributed by atoms with van der Waals surface area (Å²) in [7, 11) is 0. The molecule has 3 unspecified atom stereocenters. The van der Waals surface area contributed by atoms with Crippen molar-refractivity contribution in [1.29, 1.82) is 0 Å². The zero-order valence-corrected chi connectivity index (χ0v) is 13.4. The van der Waals surface area contributed by atoms with Crippen molar-refractivity contribution in [2.75, 3.05) is 13.1 Å². The first-order valence-corrected chi connectivity index (χ1v) is 8.47. The first-order chi connectivity index (χ1) is 8.97. The van der Waals surface area contributed by atoms with Crippen molar-refractivity contribution >= 4 is 0 Å². The molecule has 0 spiro atoms. The van der Waals surface area contributed by atoms with Crippen LogP contribution in [0, 0.1) is 23.7 Å². The summed E-state index contributed by atoms with van der Waals surface area (Å²) in [5.74, 6) is 3.25. The van der Waals surface area contributed by atoms with Gasteiger partial charge in [0.05, 0.1) is 0 Å². The maximum absolute atomic E-state index is 6.41. The van der Waals surface area contributed by atoms with Gasteiger partial charge in [-0.3, -0.25) is 4.90 Å². The van der Waals surface area contributed by atoms with Crippen molar-refractivity contribution < 1.29 is 0 Å². The van der Waals surface area contributed by atoms with Crippen LogP contribution >= 0.6 is 0 Å². The minimum absolute atomic E-state index is 0.448. The molecule has 3 atom stereocenters. The molecule has 19 heavy (non-hydrogen) atoms. The molecule has 2 rings (SSSR count). The molecule has 112 valence electrons. The Bertz CT molecular complexity index is 270. The molecule has 0 amide bonds. The Morgan fingerprint density at radius 1 is 1.05 bits per heavy atom. The lowest BCUT2D eigenvalue weighted by Crippen LogP contribution is -2.45. The summed E-state index contributed by atoms with van der Waals surface area (Å²) in [5, 5.41) is 0. The van der Waals surface area contributed by atoms with Crippen molar-refractivity contribution in [1.82, 2.24) is 4.90 Å². The highest BCUT2D eigenvalue weighted by molar-refractivity contribution is 4.90. The fourth-order valence-corrected chi connectivity index (χ4v) is 3.72. The predicted octanol–water partition coefficient (Wildman–Crippen LogP) is 3.51. The molecule has 2 heteroatoms. The first-order valence-electron chi connectivity index (χ1n) is 8.47.